The number of fused-ring (bicyclic) bond motifs is 1. The average Bonchev–Trinajstić information content (AvgIpc) is 2.15. The van der Waals surface area contributed by atoms with Gasteiger partial charge in [0.2, 0.25) is 0 Å². The van der Waals surface area contributed by atoms with Crippen LogP contribution in [0.4, 0.5) is 0 Å². The monoisotopic (exact) mass is 238 g/mol. The van der Waals surface area contributed by atoms with Crippen LogP contribution < -0.4 is 0 Å². The van der Waals surface area contributed by atoms with Crippen LogP contribution in [0.3, 0.4) is 0 Å². The van der Waals surface area contributed by atoms with Gasteiger partial charge in [-0.05, 0) is 36.1 Å². The van der Waals surface area contributed by atoms with Crippen LogP contribution >= 0.6 is 11.6 Å². The SMILES string of the molecule is CC1(C)c2ccc(Cl)cc2CCC1C(=O)O. The molecule has 3 heteroatoms. The Kier molecular flexibility index (Phi) is 2.70. The summed E-state index contributed by atoms with van der Waals surface area (Å²) in [5.74, 6) is -1.01. The Labute approximate surface area is 100 Å². The number of carboxylic acid groups (broad SMARTS) is 1. The van der Waals surface area contributed by atoms with E-state index in [9.17, 15) is 9.90 Å². The molecule has 16 heavy (non-hydrogen) atoms. The van der Waals surface area contributed by atoms with Crippen molar-refractivity contribution in [1.29, 1.82) is 0 Å². The Morgan fingerprint density at radius 2 is 2.19 bits per heavy atom. The number of carboxylic acids is 1. The van der Waals surface area contributed by atoms with Crippen LogP contribution in [0.5, 0.6) is 0 Å². The number of aryl methyl sites for hydroxylation is 1. The fourth-order valence-corrected chi connectivity index (χ4v) is 2.87. The number of carbonyl (C=O) groups is 1. The van der Waals surface area contributed by atoms with E-state index in [4.69, 9.17) is 11.6 Å². The molecule has 0 spiro atoms. The molecule has 1 aliphatic rings. The lowest BCUT2D eigenvalue weighted by Gasteiger charge is -2.38. The molecule has 1 aliphatic carbocycles. The molecule has 2 rings (SSSR count). The van der Waals surface area contributed by atoms with Crippen molar-refractivity contribution in [2.24, 2.45) is 5.92 Å². The lowest BCUT2D eigenvalue weighted by molar-refractivity contribution is -0.144. The molecule has 0 bridgehead atoms. The maximum absolute atomic E-state index is 11.2. The van der Waals surface area contributed by atoms with E-state index < -0.39 is 5.97 Å². The Hall–Kier alpha value is -1.02. The zero-order chi connectivity index (χ0) is 11.9. The lowest BCUT2D eigenvalue weighted by atomic mass is 9.65. The van der Waals surface area contributed by atoms with Crippen molar-refractivity contribution in [2.45, 2.75) is 32.1 Å². The first-order chi connectivity index (χ1) is 7.43. The lowest BCUT2D eigenvalue weighted by Crippen LogP contribution is -2.38. The van der Waals surface area contributed by atoms with Crippen molar-refractivity contribution in [3.8, 4) is 0 Å². The van der Waals surface area contributed by atoms with Crippen molar-refractivity contribution in [1.82, 2.24) is 0 Å². The summed E-state index contributed by atoms with van der Waals surface area (Å²) in [7, 11) is 0. The first kappa shape index (κ1) is 11.5. The largest absolute Gasteiger partial charge is 0.481 e. The van der Waals surface area contributed by atoms with Crippen molar-refractivity contribution in [2.75, 3.05) is 0 Å². The molecular weight excluding hydrogens is 224 g/mol. The normalized spacial score (nSPS) is 22.6. The van der Waals surface area contributed by atoms with Crippen molar-refractivity contribution in [3.05, 3.63) is 34.3 Å². The van der Waals surface area contributed by atoms with Crippen molar-refractivity contribution >= 4 is 17.6 Å². The summed E-state index contributed by atoms with van der Waals surface area (Å²) in [6.45, 7) is 4.00. The molecule has 0 saturated carbocycles. The first-order valence-electron chi connectivity index (χ1n) is 5.44. The van der Waals surface area contributed by atoms with Crippen LogP contribution in [0.25, 0.3) is 0 Å². The third kappa shape index (κ3) is 1.71. The molecule has 0 fully saturated rings. The van der Waals surface area contributed by atoms with Crippen LogP contribution in [-0.2, 0) is 16.6 Å². The van der Waals surface area contributed by atoms with Crippen LogP contribution in [-0.4, -0.2) is 11.1 Å². The summed E-state index contributed by atoms with van der Waals surface area (Å²) in [5, 5.41) is 9.95. The molecule has 2 nitrogen and oxygen atoms in total. The van der Waals surface area contributed by atoms with Gasteiger partial charge in [0, 0.05) is 10.4 Å². The van der Waals surface area contributed by atoms with E-state index in [0.29, 0.717) is 6.42 Å². The van der Waals surface area contributed by atoms with Gasteiger partial charge in [-0.1, -0.05) is 31.5 Å². The zero-order valence-corrected chi connectivity index (χ0v) is 10.2. The van der Waals surface area contributed by atoms with Gasteiger partial charge in [-0.3, -0.25) is 4.79 Å². The van der Waals surface area contributed by atoms with Gasteiger partial charge in [0.25, 0.3) is 0 Å². The third-order valence-corrected chi connectivity index (χ3v) is 3.87. The van der Waals surface area contributed by atoms with Crippen LogP contribution in [0, 0.1) is 5.92 Å². The summed E-state index contributed by atoms with van der Waals surface area (Å²) < 4.78 is 0. The molecule has 1 N–H and O–H groups in total. The van der Waals surface area contributed by atoms with Crippen molar-refractivity contribution in [3.63, 3.8) is 0 Å². The van der Waals surface area contributed by atoms with Gasteiger partial charge < -0.3 is 5.11 Å². The number of aliphatic carboxylic acids is 1. The van der Waals surface area contributed by atoms with Crippen LogP contribution in [0.1, 0.15) is 31.4 Å². The minimum atomic E-state index is -0.703. The second-order valence-electron chi connectivity index (χ2n) is 4.95. The van der Waals surface area contributed by atoms with Crippen molar-refractivity contribution < 1.29 is 9.90 Å². The number of halogens is 1. The van der Waals surface area contributed by atoms with Gasteiger partial charge >= 0.3 is 5.97 Å². The molecule has 0 aromatic heterocycles. The molecule has 1 aromatic rings. The van der Waals surface area contributed by atoms with Crippen LogP contribution in [0.2, 0.25) is 5.02 Å². The second-order valence-corrected chi connectivity index (χ2v) is 5.39. The fourth-order valence-electron chi connectivity index (χ4n) is 2.68. The van der Waals surface area contributed by atoms with E-state index in [1.807, 2.05) is 32.0 Å². The highest BCUT2D eigenvalue weighted by molar-refractivity contribution is 6.30. The molecule has 1 atom stereocenters. The number of rotatable bonds is 1. The minimum absolute atomic E-state index is 0.304. The summed E-state index contributed by atoms with van der Waals surface area (Å²) in [6, 6.07) is 5.76. The zero-order valence-electron chi connectivity index (χ0n) is 9.46. The predicted molar refractivity (Wildman–Crippen MR) is 63.9 cm³/mol. The molecule has 0 heterocycles. The van der Waals surface area contributed by atoms with Gasteiger partial charge in [-0.15, -0.1) is 0 Å². The molecule has 0 amide bonds. The average molecular weight is 239 g/mol. The van der Waals surface area contributed by atoms with E-state index in [2.05, 4.69) is 0 Å². The highest BCUT2D eigenvalue weighted by Crippen LogP contribution is 2.41. The maximum Gasteiger partial charge on any atom is 0.307 e. The predicted octanol–water partition coefficient (Wildman–Crippen LogP) is 3.26. The third-order valence-electron chi connectivity index (χ3n) is 3.63. The second kappa shape index (κ2) is 3.77. The summed E-state index contributed by atoms with van der Waals surface area (Å²) >= 11 is 5.95. The smallest absolute Gasteiger partial charge is 0.307 e. The van der Waals surface area contributed by atoms with E-state index in [0.717, 1.165) is 17.0 Å². The summed E-state index contributed by atoms with van der Waals surface area (Å²) in [4.78, 5) is 11.2. The van der Waals surface area contributed by atoms with Gasteiger partial charge in [-0.25, -0.2) is 0 Å². The summed E-state index contributed by atoms with van der Waals surface area (Å²) in [5.41, 5.74) is 2.00. The highest BCUT2D eigenvalue weighted by atomic mass is 35.5. The van der Waals surface area contributed by atoms with Gasteiger partial charge in [0.1, 0.15) is 0 Å². The standard InChI is InChI=1S/C13H15ClO2/c1-13(2)10-6-4-9(14)7-8(10)3-5-11(13)12(15)16/h4,6-7,11H,3,5H2,1-2H3,(H,15,16). The molecule has 1 unspecified atom stereocenters. The maximum atomic E-state index is 11.2. The van der Waals surface area contributed by atoms with Gasteiger partial charge in [0.05, 0.1) is 5.92 Å². The minimum Gasteiger partial charge on any atom is -0.481 e. The Morgan fingerprint density at radius 1 is 1.50 bits per heavy atom. The van der Waals surface area contributed by atoms with Gasteiger partial charge in [-0.2, -0.15) is 0 Å². The first-order valence-corrected chi connectivity index (χ1v) is 5.82. The van der Waals surface area contributed by atoms with E-state index >= 15 is 0 Å². The Morgan fingerprint density at radius 3 is 2.81 bits per heavy atom. The number of hydrogen-bond acceptors (Lipinski definition) is 1. The summed E-state index contributed by atoms with van der Waals surface area (Å²) in [6.07, 6.45) is 1.49. The Balaban J connectivity index is 2.50. The topological polar surface area (TPSA) is 37.3 Å². The molecule has 1 aromatic carbocycles. The highest BCUT2D eigenvalue weighted by Gasteiger charge is 2.40. The fraction of sp³-hybridized carbons (Fsp3) is 0.462. The quantitative estimate of drug-likeness (QED) is 0.816. The van der Waals surface area contributed by atoms with E-state index in [1.54, 1.807) is 0 Å². The van der Waals surface area contributed by atoms with E-state index in [-0.39, 0.29) is 11.3 Å². The number of hydrogen-bond donors (Lipinski definition) is 1. The molecule has 86 valence electrons. The molecular formula is C13H15ClO2. The van der Waals surface area contributed by atoms with Crippen LogP contribution in [0.15, 0.2) is 18.2 Å². The molecule has 0 aliphatic heterocycles. The Bertz CT molecular complexity index is 438. The van der Waals surface area contributed by atoms with Gasteiger partial charge in [0.15, 0.2) is 0 Å². The number of benzene rings is 1. The molecule has 0 radical (unpaired) electrons. The molecule has 0 saturated heterocycles. The van der Waals surface area contributed by atoms with E-state index in [1.165, 1.54) is 5.56 Å².